The van der Waals surface area contributed by atoms with E-state index < -0.39 is 0 Å². The number of carbonyl (C=O) groups excluding carboxylic acids is 1. The van der Waals surface area contributed by atoms with E-state index in [4.69, 9.17) is 0 Å². The summed E-state index contributed by atoms with van der Waals surface area (Å²) in [6, 6.07) is 10.4. The number of fused-ring (bicyclic) bond motifs is 1. The highest BCUT2D eigenvalue weighted by molar-refractivity contribution is 5.78. The zero-order valence-corrected chi connectivity index (χ0v) is 14.9. The zero-order chi connectivity index (χ0) is 17.3. The van der Waals surface area contributed by atoms with Crippen LogP contribution >= 0.6 is 0 Å². The Morgan fingerprint density at radius 2 is 1.92 bits per heavy atom. The Morgan fingerprint density at radius 3 is 2.60 bits per heavy atom. The van der Waals surface area contributed by atoms with Crippen molar-refractivity contribution in [2.45, 2.75) is 19.3 Å². The molecule has 0 radical (unpaired) electrons. The SMILES string of the molecule is O=C(CN1CC2CCCC2(CO)C1)N1CCN(c2ccccc2)CC1. The summed E-state index contributed by atoms with van der Waals surface area (Å²) in [7, 11) is 0. The van der Waals surface area contributed by atoms with E-state index in [0.29, 0.717) is 12.5 Å². The molecule has 0 bridgehead atoms. The van der Waals surface area contributed by atoms with Crippen LogP contribution in [0.4, 0.5) is 5.69 Å². The van der Waals surface area contributed by atoms with Crippen molar-refractivity contribution in [3.63, 3.8) is 0 Å². The topological polar surface area (TPSA) is 47.0 Å². The fourth-order valence-electron chi connectivity index (χ4n) is 5.05. The second-order valence-corrected chi connectivity index (χ2v) is 7.98. The minimum absolute atomic E-state index is 0.0757. The van der Waals surface area contributed by atoms with E-state index in [1.54, 1.807) is 0 Å². The number of piperazine rings is 1. The monoisotopic (exact) mass is 343 g/mol. The van der Waals surface area contributed by atoms with Gasteiger partial charge < -0.3 is 14.9 Å². The molecule has 2 heterocycles. The third-order valence-corrected chi connectivity index (χ3v) is 6.54. The van der Waals surface area contributed by atoms with Gasteiger partial charge in [-0.2, -0.15) is 0 Å². The third kappa shape index (κ3) is 3.27. The lowest BCUT2D eigenvalue weighted by Gasteiger charge is -2.37. The molecular weight excluding hydrogens is 314 g/mol. The van der Waals surface area contributed by atoms with Crippen LogP contribution in [-0.2, 0) is 4.79 Å². The van der Waals surface area contributed by atoms with Gasteiger partial charge in [0.2, 0.25) is 5.91 Å². The first kappa shape index (κ1) is 16.9. The molecule has 136 valence electrons. The van der Waals surface area contributed by atoms with E-state index in [-0.39, 0.29) is 17.9 Å². The smallest absolute Gasteiger partial charge is 0.236 e. The van der Waals surface area contributed by atoms with Crippen LogP contribution in [0.25, 0.3) is 0 Å². The van der Waals surface area contributed by atoms with Crippen molar-refractivity contribution in [1.29, 1.82) is 0 Å². The maximum Gasteiger partial charge on any atom is 0.236 e. The van der Waals surface area contributed by atoms with Crippen molar-refractivity contribution < 1.29 is 9.90 Å². The molecule has 5 nitrogen and oxygen atoms in total. The van der Waals surface area contributed by atoms with Gasteiger partial charge in [0.15, 0.2) is 0 Å². The second-order valence-electron chi connectivity index (χ2n) is 7.98. The molecule has 1 saturated carbocycles. The van der Waals surface area contributed by atoms with Crippen LogP contribution in [0.3, 0.4) is 0 Å². The molecule has 5 heteroatoms. The van der Waals surface area contributed by atoms with Crippen LogP contribution in [0, 0.1) is 11.3 Å². The predicted molar refractivity (Wildman–Crippen MR) is 98.5 cm³/mol. The number of aliphatic hydroxyl groups is 1. The Morgan fingerprint density at radius 1 is 1.16 bits per heavy atom. The number of anilines is 1. The molecule has 1 N–H and O–H groups in total. The Labute approximate surface area is 150 Å². The largest absolute Gasteiger partial charge is 0.396 e. The molecule has 3 aliphatic rings. The minimum Gasteiger partial charge on any atom is -0.396 e. The number of para-hydroxylation sites is 1. The summed E-state index contributed by atoms with van der Waals surface area (Å²) in [6.07, 6.45) is 3.56. The number of carbonyl (C=O) groups is 1. The maximum absolute atomic E-state index is 12.7. The molecule has 2 aliphatic heterocycles. The number of hydrogen-bond acceptors (Lipinski definition) is 4. The molecule has 0 spiro atoms. The molecule has 1 aliphatic carbocycles. The van der Waals surface area contributed by atoms with Gasteiger partial charge >= 0.3 is 0 Å². The van der Waals surface area contributed by atoms with Crippen molar-refractivity contribution in [3.8, 4) is 0 Å². The van der Waals surface area contributed by atoms with Gasteiger partial charge in [-0.05, 0) is 30.9 Å². The van der Waals surface area contributed by atoms with Crippen LogP contribution in [0.15, 0.2) is 30.3 Å². The standard InChI is InChI=1S/C20H29N3O2/c24-16-20-8-4-5-17(20)13-21(15-20)14-19(25)23-11-9-22(10-12-23)18-6-2-1-3-7-18/h1-3,6-7,17,24H,4-5,8-16H2. The lowest BCUT2D eigenvalue weighted by atomic mass is 9.82. The van der Waals surface area contributed by atoms with Gasteiger partial charge in [-0.25, -0.2) is 0 Å². The highest BCUT2D eigenvalue weighted by atomic mass is 16.3. The quantitative estimate of drug-likeness (QED) is 0.898. The normalized spacial score (nSPS) is 29.9. The molecule has 2 saturated heterocycles. The molecule has 1 amide bonds. The molecule has 0 aromatic heterocycles. The number of likely N-dealkylation sites (tertiary alicyclic amines) is 1. The maximum atomic E-state index is 12.7. The van der Waals surface area contributed by atoms with Gasteiger partial charge in [-0.15, -0.1) is 0 Å². The first-order valence-corrected chi connectivity index (χ1v) is 9.61. The highest BCUT2D eigenvalue weighted by Gasteiger charge is 2.49. The lowest BCUT2D eigenvalue weighted by molar-refractivity contribution is -0.132. The van der Waals surface area contributed by atoms with E-state index in [0.717, 1.165) is 45.7 Å². The molecule has 25 heavy (non-hydrogen) atoms. The van der Waals surface area contributed by atoms with Gasteiger partial charge in [0.1, 0.15) is 0 Å². The summed E-state index contributed by atoms with van der Waals surface area (Å²) < 4.78 is 0. The number of benzene rings is 1. The van der Waals surface area contributed by atoms with Gasteiger partial charge in [0.25, 0.3) is 0 Å². The minimum atomic E-state index is 0.0757. The first-order valence-electron chi connectivity index (χ1n) is 9.61. The van der Waals surface area contributed by atoms with Crippen molar-refractivity contribution in [3.05, 3.63) is 30.3 Å². The fraction of sp³-hybridized carbons (Fsp3) is 0.650. The number of hydrogen-bond donors (Lipinski definition) is 1. The van der Waals surface area contributed by atoms with E-state index >= 15 is 0 Å². The number of aliphatic hydroxyl groups excluding tert-OH is 1. The van der Waals surface area contributed by atoms with Crippen LogP contribution in [0.5, 0.6) is 0 Å². The molecule has 2 unspecified atom stereocenters. The summed E-state index contributed by atoms with van der Waals surface area (Å²) in [6.45, 7) is 6.08. The van der Waals surface area contributed by atoms with E-state index in [9.17, 15) is 9.90 Å². The van der Waals surface area contributed by atoms with Crippen LogP contribution in [0.1, 0.15) is 19.3 Å². The molecule has 4 rings (SSSR count). The van der Waals surface area contributed by atoms with E-state index in [2.05, 4.69) is 34.1 Å². The average Bonchev–Trinajstić information content (AvgIpc) is 3.19. The van der Waals surface area contributed by atoms with Crippen molar-refractivity contribution >= 4 is 11.6 Å². The van der Waals surface area contributed by atoms with Crippen molar-refractivity contribution in [1.82, 2.24) is 9.80 Å². The van der Waals surface area contributed by atoms with E-state index in [1.807, 2.05) is 11.0 Å². The van der Waals surface area contributed by atoms with Gasteiger partial charge in [-0.3, -0.25) is 9.69 Å². The average molecular weight is 343 g/mol. The lowest BCUT2D eigenvalue weighted by Crippen LogP contribution is -2.51. The van der Waals surface area contributed by atoms with Crippen molar-refractivity contribution in [2.75, 3.05) is 57.3 Å². The van der Waals surface area contributed by atoms with Crippen molar-refractivity contribution in [2.24, 2.45) is 11.3 Å². The molecule has 3 fully saturated rings. The first-order chi connectivity index (χ1) is 12.2. The Hall–Kier alpha value is -1.59. The van der Waals surface area contributed by atoms with E-state index in [1.165, 1.54) is 18.5 Å². The molecule has 2 atom stereocenters. The fourth-order valence-corrected chi connectivity index (χ4v) is 5.05. The zero-order valence-electron chi connectivity index (χ0n) is 14.9. The highest BCUT2D eigenvalue weighted by Crippen LogP contribution is 2.48. The Balaban J connectivity index is 1.29. The molecular formula is C20H29N3O2. The Kier molecular flexibility index (Phi) is 4.69. The van der Waals surface area contributed by atoms with Gasteiger partial charge in [0.05, 0.1) is 13.2 Å². The predicted octanol–water partition coefficient (Wildman–Crippen LogP) is 1.43. The van der Waals surface area contributed by atoms with Gasteiger partial charge in [0, 0.05) is 50.4 Å². The summed E-state index contributed by atoms with van der Waals surface area (Å²) in [4.78, 5) is 19.4. The summed E-state index contributed by atoms with van der Waals surface area (Å²) >= 11 is 0. The molecule has 1 aromatic rings. The number of amides is 1. The van der Waals surface area contributed by atoms with Gasteiger partial charge in [-0.1, -0.05) is 24.6 Å². The summed E-state index contributed by atoms with van der Waals surface area (Å²) in [5.41, 5.74) is 1.32. The summed E-state index contributed by atoms with van der Waals surface area (Å²) in [5, 5.41) is 9.84. The van der Waals surface area contributed by atoms with Crippen LogP contribution < -0.4 is 4.90 Å². The Bertz CT molecular complexity index is 600. The summed E-state index contributed by atoms with van der Waals surface area (Å²) in [5.74, 6) is 0.834. The number of nitrogens with zero attached hydrogens (tertiary/aromatic N) is 3. The van der Waals surface area contributed by atoms with Crippen LogP contribution in [0.2, 0.25) is 0 Å². The second kappa shape index (κ2) is 6.96. The van der Waals surface area contributed by atoms with Crippen LogP contribution in [-0.4, -0.2) is 73.2 Å². The number of rotatable bonds is 4. The third-order valence-electron chi connectivity index (χ3n) is 6.54. The molecule has 1 aromatic carbocycles.